The number of nitrogens with two attached hydrogens (primary N) is 1. The Kier molecular flexibility index (Phi) is 5.86. The minimum Gasteiger partial charge on any atom is -0.507 e. The molecule has 0 saturated carbocycles. The Balaban J connectivity index is 3.46. The summed E-state index contributed by atoms with van der Waals surface area (Å²) in [5.41, 5.74) is 9.09. The molecule has 1 rings (SSSR count). The molecule has 120 valence electrons. The number of aromatic hydroxyl groups is 1. The van der Waals surface area contributed by atoms with Gasteiger partial charge in [0.15, 0.2) is 0 Å². The summed E-state index contributed by atoms with van der Waals surface area (Å²) >= 11 is 0. The molecule has 0 unspecified atom stereocenters. The fourth-order valence-electron chi connectivity index (χ4n) is 2.56. The van der Waals surface area contributed by atoms with Crippen molar-refractivity contribution in [2.45, 2.75) is 78.1 Å². The molecule has 0 atom stereocenters. The van der Waals surface area contributed by atoms with Gasteiger partial charge in [0.2, 0.25) is 0 Å². The van der Waals surface area contributed by atoms with Gasteiger partial charge in [-0.05, 0) is 48.6 Å². The molecule has 0 spiro atoms. The van der Waals surface area contributed by atoms with E-state index in [2.05, 4.69) is 53.7 Å². The second kappa shape index (κ2) is 6.83. The zero-order valence-electron chi connectivity index (χ0n) is 14.7. The van der Waals surface area contributed by atoms with Crippen LogP contribution in [0.15, 0.2) is 12.1 Å². The van der Waals surface area contributed by atoms with Gasteiger partial charge in [0.05, 0.1) is 0 Å². The standard InChI is InChI=1S/C19H33NO/c1-7-18(3,4)15-12-14(10-9-11-20)13-16(17(15)21)19(5,6)8-2/h12-13,21H,7-11,20H2,1-6H3. The van der Waals surface area contributed by atoms with Crippen LogP contribution < -0.4 is 5.73 Å². The first-order valence-corrected chi connectivity index (χ1v) is 8.26. The lowest BCUT2D eigenvalue weighted by Crippen LogP contribution is -2.21. The van der Waals surface area contributed by atoms with Crippen LogP contribution in [0.25, 0.3) is 0 Å². The molecule has 0 heterocycles. The summed E-state index contributed by atoms with van der Waals surface area (Å²) in [5.74, 6) is 0.491. The average molecular weight is 291 g/mol. The average Bonchev–Trinajstić information content (AvgIpc) is 2.45. The lowest BCUT2D eigenvalue weighted by molar-refractivity contribution is 0.399. The van der Waals surface area contributed by atoms with E-state index in [1.165, 1.54) is 5.56 Å². The fraction of sp³-hybridized carbons (Fsp3) is 0.684. The zero-order valence-corrected chi connectivity index (χ0v) is 14.7. The van der Waals surface area contributed by atoms with Crippen LogP contribution in [0.3, 0.4) is 0 Å². The van der Waals surface area contributed by atoms with E-state index in [-0.39, 0.29) is 10.8 Å². The molecule has 0 saturated heterocycles. The number of phenols is 1. The molecule has 0 aliphatic heterocycles. The summed E-state index contributed by atoms with van der Waals surface area (Å²) in [6, 6.07) is 4.37. The Morgan fingerprint density at radius 2 is 1.38 bits per heavy atom. The van der Waals surface area contributed by atoms with Crippen molar-refractivity contribution < 1.29 is 5.11 Å². The highest BCUT2D eigenvalue weighted by atomic mass is 16.3. The molecule has 2 heteroatoms. The van der Waals surface area contributed by atoms with Crippen LogP contribution in [-0.2, 0) is 17.3 Å². The predicted octanol–water partition coefficient (Wildman–Crippen LogP) is 4.66. The fourth-order valence-corrected chi connectivity index (χ4v) is 2.56. The third-order valence-corrected chi connectivity index (χ3v) is 5.07. The van der Waals surface area contributed by atoms with Crippen molar-refractivity contribution in [3.05, 3.63) is 28.8 Å². The molecule has 21 heavy (non-hydrogen) atoms. The maximum absolute atomic E-state index is 10.8. The maximum atomic E-state index is 10.8. The van der Waals surface area contributed by atoms with Crippen LogP contribution in [0.5, 0.6) is 5.75 Å². The van der Waals surface area contributed by atoms with Crippen molar-refractivity contribution in [2.75, 3.05) is 6.54 Å². The van der Waals surface area contributed by atoms with E-state index in [0.717, 1.165) is 36.8 Å². The van der Waals surface area contributed by atoms with Gasteiger partial charge in [-0.25, -0.2) is 0 Å². The van der Waals surface area contributed by atoms with Gasteiger partial charge < -0.3 is 10.8 Å². The normalized spacial score (nSPS) is 12.7. The Morgan fingerprint density at radius 1 is 0.952 bits per heavy atom. The van der Waals surface area contributed by atoms with Crippen LogP contribution in [0.1, 0.15) is 77.5 Å². The van der Waals surface area contributed by atoms with E-state index < -0.39 is 0 Å². The maximum Gasteiger partial charge on any atom is 0.123 e. The first kappa shape index (κ1) is 18.0. The second-order valence-electron chi connectivity index (χ2n) is 7.41. The molecule has 0 aliphatic rings. The van der Waals surface area contributed by atoms with E-state index >= 15 is 0 Å². The molecule has 0 aromatic heterocycles. The molecule has 0 fully saturated rings. The van der Waals surface area contributed by atoms with Crippen molar-refractivity contribution in [1.82, 2.24) is 0 Å². The van der Waals surface area contributed by atoms with Crippen molar-refractivity contribution >= 4 is 0 Å². The van der Waals surface area contributed by atoms with Crippen LogP contribution in [0.4, 0.5) is 0 Å². The van der Waals surface area contributed by atoms with Crippen LogP contribution in [-0.4, -0.2) is 11.7 Å². The van der Waals surface area contributed by atoms with Gasteiger partial charge in [-0.15, -0.1) is 0 Å². The monoisotopic (exact) mass is 291 g/mol. The van der Waals surface area contributed by atoms with Crippen molar-refractivity contribution in [3.63, 3.8) is 0 Å². The summed E-state index contributed by atoms with van der Waals surface area (Å²) in [6.45, 7) is 13.9. The van der Waals surface area contributed by atoms with Gasteiger partial charge in [0.25, 0.3) is 0 Å². The van der Waals surface area contributed by atoms with Crippen LogP contribution in [0.2, 0.25) is 0 Å². The molecule has 2 nitrogen and oxygen atoms in total. The minimum atomic E-state index is -0.0125. The molecule has 0 bridgehead atoms. The second-order valence-corrected chi connectivity index (χ2v) is 7.41. The Hall–Kier alpha value is -1.02. The van der Waals surface area contributed by atoms with E-state index in [0.29, 0.717) is 12.3 Å². The molecule has 0 amide bonds. The number of rotatable bonds is 7. The highest BCUT2D eigenvalue weighted by molar-refractivity contribution is 5.50. The van der Waals surface area contributed by atoms with E-state index in [1.54, 1.807) is 0 Å². The predicted molar refractivity (Wildman–Crippen MR) is 92.1 cm³/mol. The molecular formula is C19H33NO. The topological polar surface area (TPSA) is 46.2 Å². The van der Waals surface area contributed by atoms with E-state index in [4.69, 9.17) is 5.73 Å². The number of hydrogen-bond donors (Lipinski definition) is 2. The Morgan fingerprint density at radius 3 is 1.71 bits per heavy atom. The first-order chi connectivity index (χ1) is 9.69. The Labute approximate surface area is 130 Å². The minimum absolute atomic E-state index is 0.0125. The highest BCUT2D eigenvalue weighted by Crippen LogP contribution is 2.42. The van der Waals surface area contributed by atoms with Gasteiger partial charge in [-0.2, -0.15) is 0 Å². The van der Waals surface area contributed by atoms with E-state index in [9.17, 15) is 5.11 Å². The van der Waals surface area contributed by atoms with Crippen LogP contribution >= 0.6 is 0 Å². The smallest absolute Gasteiger partial charge is 0.123 e. The lowest BCUT2D eigenvalue weighted by atomic mass is 9.74. The molecular weight excluding hydrogens is 258 g/mol. The van der Waals surface area contributed by atoms with Gasteiger partial charge in [0.1, 0.15) is 5.75 Å². The molecule has 0 radical (unpaired) electrons. The molecule has 1 aromatic carbocycles. The summed E-state index contributed by atoms with van der Waals surface area (Å²) in [4.78, 5) is 0. The lowest BCUT2D eigenvalue weighted by Gasteiger charge is -2.31. The van der Waals surface area contributed by atoms with Crippen LogP contribution in [0, 0.1) is 0 Å². The SMILES string of the molecule is CCC(C)(C)c1cc(CCCN)cc(C(C)(C)CC)c1O. The molecule has 1 aromatic rings. The quantitative estimate of drug-likeness (QED) is 0.767. The van der Waals surface area contributed by atoms with Crippen molar-refractivity contribution in [1.29, 1.82) is 0 Å². The third-order valence-electron chi connectivity index (χ3n) is 5.07. The zero-order chi connectivity index (χ0) is 16.3. The first-order valence-electron chi connectivity index (χ1n) is 8.26. The van der Waals surface area contributed by atoms with Crippen molar-refractivity contribution in [2.24, 2.45) is 5.73 Å². The summed E-state index contributed by atoms with van der Waals surface area (Å²) < 4.78 is 0. The highest BCUT2D eigenvalue weighted by Gasteiger charge is 2.29. The Bertz CT molecular complexity index is 437. The number of benzene rings is 1. The number of hydrogen-bond acceptors (Lipinski definition) is 2. The number of phenolic OH excluding ortho intramolecular Hbond substituents is 1. The number of aryl methyl sites for hydroxylation is 1. The summed E-state index contributed by atoms with van der Waals surface area (Å²) in [7, 11) is 0. The van der Waals surface area contributed by atoms with Crippen molar-refractivity contribution in [3.8, 4) is 5.75 Å². The van der Waals surface area contributed by atoms with Gasteiger partial charge >= 0.3 is 0 Å². The largest absolute Gasteiger partial charge is 0.507 e. The van der Waals surface area contributed by atoms with Gasteiger partial charge in [0, 0.05) is 11.1 Å². The summed E-state index contributed by atoms with van der Waals surface area (Å²) in [5, 5.41) is 10.8. The molecule has 0 aliphatic carbocycles. The molecule has 3 N–H and O–H groups in total. The van der Waals surface area contributed by atoms with Gasteiger partial charge in [-0.1, -0.05) is 53.7 Å². The van der Waals surface area contributed by atoms with E-state index in [1.807, 2.05) is 0 Å². The summed E-state index contributed by atoms with van der Waals surface area (Å²) in [6.07, 6.45) is 3.99. The third kappa shape index (κ3) is 4.00. The van der Waals surface area contributed by atoms with Gasteiger partial charge in [-0.3, -0.25) is 0 Å².